The van der Waals surface area contributed by atoms with Crippen molar-refractivity contribution in [1.29, 1.82) is 0 Å². The van der Waals surface area contributed by atoms with Crippen LogP contribution in [0.5, 0.6) is 11.5 Å². The van der Waals surface area contributed by atoms with Gasteiger partial charge in [-0.3, -0.25) is 9.59 Å². The van der Waals surface area contributed by atoms with Gasteiger partial charge in [-0.25, -0.2) is 9.29 Å². The Kier molecular flexibility index (Phi) is 5.74. The number of methoxy groups -OCH3 is 2. The molecule has 0 N–H and O–H groups in total. The molecule has 1 aliphatic rings. The Hall–Kier alpha value is -2.80. The molecule has 0 saturated carbocycles. The first kappa shape index (κ1) is 19.9. The van der Waals surface area contributed by atoms with E-state index in [0.717, 1.165) is 4.90 Å². The Morgan fingerprint density at radius 3 is 2.21 bits per heavy atom. The maximum Gasteiger partial charge on any atom is 0.272 e. The van der Waals surface area contributed by atoms with Crippen molar-refractivity contribution in [2.75, 3.05) is 19.1 Å². The molecule has 0 aromatic heterocycles. The minimum absolute atomic E-state index is 0.0781. The third-order valence-electron chi connectivity index (χ3n) is 4.15. The summed E-state index contributed by atoms with van der Waals surface area (Å²) in [4.78, 5) is 27.9. The summed E-state index contributed by atoms with van der Waals surface area (Å²) >= 11 is 1.30. The molecular formula is C21H20FNO4S. The van der Waals surface area contributed by atoms with E-state index < -0.39 is 17.6 Å². The fourth-order valence-corrected chi connectivity index (χ4v) is 3.90. The number of benzene rings is 2. The van der Waals surface area contributed by atoms with Crippen LogP contribution >= 0.6 is 11.8 Å². The first-order valence-corrected chi connectivity index (χ1v) is 9.53. The van der Waals surface area contributed by atoms with Crippen LogP contribution in [0.1, 0.15) is 19.4 Å². The molecule has 0 atom stereocenters. The van der Waals surface area contributed by atoms with Gasteiger partial charge in [0, 0.05) is 11.3 Å². The summed E-state index contributed by atoms with van der Waals surface area (Å²) in [5.74, 6) is -0.465. The normalized spacial score (nSPS) is 14.3. The molecular weight excluding hydrogens is 381 g/mol. The molecule has 0 aliphatic carbocycles. The second kappa shape index (κ2) is 8.06. The number of carbonyl (C=O) groups excluding carboxylic acids is 2. The number of imide groups is 1. The number of nitrogens with zero attached hydrogens (tertiary/aromatic N) is 1. The Morgan fingerprint density at radius 1 is 0.964 bits per heavy atom. The van der Waals surface area contributed by atoms with Crippen LogP contribution in [0.4, 0.5) is 10.1 Å². The third kappa shape index (κ3) is 3.62. The molecule has 28 heavy (non-hydrogen) atoms. The summed E-state index contributed by atoms with van der Waals surface area (Å²) in [5.41, 5.74) is 1.05. The predicted octanol–water partition coefficient (Wildman–Crippen LogP) is 4.27. The molecule has 3 rings (SSSR count). The van der Waals surface area contributed by atoms with Crippen molar-refractivity contribution in [3.63, 3.8) is 0 Å². The van der Waals surface area contributed by atoms with Gasteiger partial charge in [-0.2, -0.15) is 0 Å². The Labute approximate surface area is 167 Å². The number of rotatable bonds is 6. The van der Waals surface area contributed by atoms with Gasteiger partial charge in [0.2, 0.25) is 0 Å². The number of thioether (sulfide) groups is 1. The standard InChI is InChI=1S/C21H20FNO4S/c1-12(2)28-19-18(13-5-7-14(22)8-6-13)20(24)23(21(19)25)16-11-15(26-3)9-10-17(16)27-4/h5-12H,1-4H3. The molecule has 2 amide bonds. The number of hydrogen-bond acceptors (Lipinski definition) is 5. The van der Waals surface area contributed by atoms with E-state index in [1.165, 1.54) is 50.2 Å². The van der Waals surface area contributed by atoms with E-state index in [2.05, 4.69) is 0 Å². The van der Waals surface area contributed by atoms with Gasteiger partial charge >= 0.3 is 0 Å². The minimum Gasteiger partial charge on any atom is -0.497 e. The zero-order chi connectivity index (χ0) is 20.4. The van der Waals surface area contributed by atoms with E-state index in [9.17, 15) is 14.0 Å². The maximum atomic E-state index is 13.4. The van der Waals surface area contributed by atoms with Crippen molar-refractivity contribution < 1.29 is 23.5 Å². The molecule has 0 unspecified atom stereocenters. The van der Waals surface area contributed by atoms with Crippen LogP contribution in [0.3, 0.4) is 0 Å². The first-order chi connectivity index (χ1) is 13.4. The molecule has 0 radical (unpaired) electrons. The quantitative estimate of drug-likeness (QED) is 0.677. The molecule has 1 heterocycles. The van der Waals surface area contributed by atoms with E-state index >= 15 is 0 Å². The molecule has 146 valence electrons. The highest BCUT2D eigenvalue weighted by atomic mass is 32.2. The van der Waals surface area contributed by atoms with Crippen LogP contribution in [0.2, 0.25) is 0 Å². The van der Waals surface area contributed by atoms with Gasteiger partial charge < -0.3 is 9.47 Å². The van der Waals surface area contributed by atoms with Gasteiger partial charge in [-0.15, -0.1) is 11.8 Å². The number of carbonyl (C=O) groups is 2. The van der Waals surface area contributed by atoms with E-state index in [-0.39, 0.29) is 10.8 Å². The van der Waals surface area contributed by atoms with Crippen molar-refractivity contribution >= 4 is 34.8 Å². The van der Waals surface area contributed by atoms with Crippen molar-refractivity contribution in [1.82, 2.24) is 0 Å². The molecule has 7 heteroatoms. The molecule has 1 aliphatic heterocycles. The average molecular weight is 401 g/mol. The lowest BCUT2D eigenvalue weighted by Crippen LogP contribution is -2.31. The summed E-state index contributed by atoms with van der Waals surface area (Å²) in [6, 6.07) is 10.5. The molecule has 2 aromatic carbocycles. The average Bonchev–Trinajstić information content (AvgIpc) is 2.91. The first-order valence-electron chi connectivity index (χ1n) is 8.65. The van der Waals surface area contributed by atoms with Crippen LogP contribution in [0.25, 0.3) is 5.57 Å². The SMILES string of the molecule is COc1ccc(OC)c(N2C(=O)C(SC(C)C)=C(c3ccc(F)cc3)C2=O)c1. The van der Waals surface area contributed by atoms with E-state index in [4.69, 9.17) is 9.47 Å². The van der Waals surface area contributed by atoms with Gasteiger partial charge in [0.15, 0.2) is 0 Å². The van der Waals surface area contributed by atoms with Crippen molar-refractivity contribution in [3.8, 4) is 11.5 Å². The number of halogens is 1. The molecule has 0 bridgehead atoms. The monoisotopic (exact) mass is 401 g/mol. The lowest BCUT2D eigenvalue weighted by molar-refractivity contribution is -0.119. The van der Waals surface area contributed by atoms with E-state index in [1.807, 2.05) is 13.8 Å². The van der Waals surface area contributed by atoms with Crippen molar-refractivity contribution in [2.45, 2.75) is 19.1 Å². The highest BCUT2D eigenvalue weighted by molar-refractivity contribution is 8.04. The van der Waals surface area contributed by atoms with Crippen LogP contribution in [0, 0.1) is 5.82 Å². The predicted molar refractivity (Wildman–Crippen MR) is 108 cm³/mol. The molecule has 5 nitrogen and oxygen atoms in total. The summed E-state index contributed by atoms with van der Waals surface area (Å²) in [6.45, 7) is 3.87. The number of anilines is 1. The zero-order valence-electron chi connectivity index (χ0n) is 16.0. The summed E-state index contributed by atoms with van der Waals surface area (Å²) < 4.78 is 23.9. The lowest BCUT2D eigenvalue weighted by Gasteiger charge is -2.19. The zero-order valence-corrected chi connectivity index (χ0v) is 16.8. The van der Waals surface area contributed by atoms with Crippen LogP contribution < -0.4 is 14.4 Å². The van der Waals surface area contributed by atoms with Crippen molar-refractivity contribution in [3.05, 3.63) is 58.8 Å². The largest absolute Gasteiger partial charge is 0.497 e. The fraction of sp³-hybridized carbons (Fsp3) is 0.238. The fourth-order valence-electron chi connectivity index (χ4n) is 2.92. The van der Waals surface area contributed by atoms with Gasteiger partial charge in [0.05, 0.1) is 30.4 Å². The summed E-state index contributed by atoms with van der Waals surface area (Å²) in [7, 11) is 2.97. The lowest BCUT2D eigenvalue weighted by atomic mass is 10.1. The third-order valence-corrected chi connectivity index (χ3v) is 5.24. The van der Waals surface area contributed by atoms with Gasteiger partial charge in [0.1, 0.15) is 17.3 Å². The smallest absolute Gasteiger partial charge is 0.272 e. The minimum atomic E-state index is -0.480. The van der Waals surface area contributed by atoms with Gasteiger partial charge in [-0.05, 0) is 29.8 Å². The summed E-state index contributed by atoms with van der Waals surface area (Å²) in [6.07, 6.45) is 0. The number of ether oxygens (including phenoxy) is 2. The highest BCUT2D eigenvalue weighted by Gasteiger charge is 2.41. The highest BCUT2D eigenvalue weighted by Crippen LogP contribution is 2.43. The topological polar surface area (TPSA) is 55.8 Å². The molecule has 0 saturated heterocycles. The second-order valence-electron chi connectivity index (χ2n) is 6.36. The van der Waals surface area contributed by atoms with E-state index in [0.29, 0.717) is 27.7 Å². The Balaban J connectivity index is 2.15. The van der Waals surface area contributed by atoms with Crippen LogP contribution in [-0.2, 0) is 9.59 Å². The number of amides is 2. The van der Waals surface area contributed by atoms with Crippen molar-refractivity contribution in [2.24, 2.45) is 0 Å². The summed E-state index contributed by atoms with van der Waals surface area (Å²) in [5, 5.41) is 0.0781. The molecule has 0 fully saturated rings. The Bertz CT molecular complexity index is 953. The molecule has 2 aromatic rings. The Morgan fingerprint density at radius 2 is 1.64 bits per heavy atom. The van der Waals surface area contributed by atoms with Crippen LogP contribution in [-0.4, -0.2) is 31.3 Å². The van der Waals surface area contributed by atoms with E-state index in [1.54, 1.807) is 18.2 Å². The second-order valence-corrected chi connectivity index (χ2v) is 7.95. The van der Waals surface area contributed by atoms with Crippen LogP contribution in [0.15, 0.2) is 47.4 Å². The molecule has 0 spiro atoms. The maximum absolute atomic E-state index is 13.4. The van der Waals surface area contributed by atoms with Gasteiger partial charge in [0.25, 0.3) is 11.8 Å². The van der Waals surface area contributed by atoms with Gasteiger partial charge in [-0.1, -0.05) is 26.0 Å². The number of hydrogen-bond donors (Lipinski definition) is 0.